The van der Waals surface area contributed by atoms with Crippen LogP contribution in [0.4, 0.5) is 5.82 Å². The monoisotopic (exact) mass is 411 g/mol. The summed E-state index contributed by atoms with van der Waals surface area (Å²) >= 11 is 12.4. The zero-order valence-corrected chi connectivity index (χ0v) is 16.6. The van der Waals surface area contributed by atoms with Crippen molar-refractivity contribution in [1.29, 1.82) is 0 Å². The maximum absolute atomic E-state index is 6.40. The number of methoxy groups -OCH3 is 1. The van der Waals surface area contributed by atoms with E-state index in [1.807, 2.05) is 18.2 Å². The van der Waals surface area contributed by atoms with Gasteiger partial charge in [0, 0.05) is 40.4 Å². The summed E-state index contributed by atoms with van der Waals surface area (Å²) in [5.41, 5.74) is 2.95. The first-order valence-electron chi connectivity index (χ1n) is 8.40. The van der Waals surface area contributed by atoms with E-state index in [1.165, 1.54) is 0 Å². The molecule has 1 N–H and O–H groups in total. The van der Waals surface area contributed by atoms with E-state index < -0.39 is 0 Å². The molecule has 0 bridgehead atoms. The smallest absolute Gasteiger partial charge is 0.182 e. The Bertz CT molecular complexity index is 1170. The largest absolute Gasteiger partial charge is 0.494 e. The van der Waals surface area contributed by atoms with Crippen LogP contribution in [0.1, 0.15) is 0 Å². The van der Waals surface area contributed by atoms with Crippen LogP contribution < -0.4 is 10.1 Å². The molecule has 28 heavy (non-hydrogen) atoms. The third kappa shape index (κ3) is 3.32. The molecule has 2 aromatic carbocycles. The zero-order valence-electron chi connectivity index (χ0n) is 15.1. The minimum absolute atomic E-state index is 0.459. The van der Waals surface area contributed by atoms with Gasteiger partial charge in [-0.3, -0.25) is 4.98 Å². The minimum Gasteiger partial charge on any atom is -0.494 e. The van der Waals surface area contributed by atoms with Crippen LogP contribution in [0.2, 0.25) is 10.0 Å². The highest BCUT2D eigenvalue weighted by molar-refractivity contribution is 6.36. The Morgan fingerprint density at radius 1 is 1.04 bits per heavy atom. The van der Waals surface area contributed by atoms with Crippen LogP contribution in [0.5, 0.6) is 5.75 Å². The van der Waals surface area contributed by atoms with Gasteiger partial charge in [0.15, 0.2) is 5.82 Å². The SMILES string of the molecule is CNc1nc(-c2cnccn2)nc2c(OC)cc(-c3ccc(Cl)cc3Cl)cc12. The molecule has 2 aromatic heterocycles. The van der Waals surface area contributed by atoms with E-state index in [9.17, 15) is 0 Å². The van der Waals surface area contributed by atoms with Crippen molar-refractivity contribution in [2.24, 2.45) is 0 Å². The van der Waals surface area contributed by atoms with Crippen molar-refractivity contribution in [2.75, 3.05) is 19.5 Å². The topological polar surface area (TPSA) is 72.8 Å². The molecule has 0 saturated carbocycles. The van der Waals surface area contributed by atoms with Crippen molar-refractivity contribution in [3.8, 4) is 28.4 Å². The van der Waals surface area contributed by atoms with Gasteiger partial charge in [0.2, 0.25) is 0 Å². The molecule has 0 fully saturated rings. The van der Waals surface area contributed by atoms with E-state index in [4.69, 9.17) is 27.9 Å². The molecular weight excluding hydrogens is 397 g/mol. The number of aromatic nitrogens is 4. The molecule has 6 nitrogen and oxygen atoms in total. The molecule has 0 aliphatic carbocycles. The Morgan fingerprint density at radius 2 is 1.89 bits per heavy atom. The summed E-state index contributed by atoms with van der Waals surface area (Å²) in [5, 5.41) is 5.06. The minimum atomic E-state index is 0.459. The summed E-state index contributed by atoms with van der Waals surface area (Å²) in [6.07, 6.45) is 4.83. The fraction of sp³-hybridized carbons (Fsp3) is 0.100. The molecule has 140 valence electrons. The van der Waals surface area contributed by atoms with Gasteiger partial charge in [-0.1, -0.05) is 29.3 Å². The van der Waals surface area contributed by atoms with E-state index >= 15 is 0 Å². The van der Waals surface area contributed by atoms with Crippen LogP contribution in [0.15, 0.2) is 48.9 Å². The van der Waals surface area contributed by atoms with Gasteiger partial charge in [-0.25, -0.2) is 15.0 Å². The predicted molar refractivity (Wildman–Crippen MR) is 112 cm³/mol. The highest BCUT2D eigenvalue weighted by Gasteiger charge is 2.16. The third-order valence-corrected chi connectivity index (χ3v) is 4.80. The normalized spacial score (nSPS) is 10.9. The second-order valence-corrected chi connectivity index (χ2v) is 6.78. The van der Waals surface area contributed by atoms with Crippen LogP contribution in [0.25, 0.3) is 33.5 Å². The van der Waals surface area contributed by atoms with Crippen LogP contribution in [0, 0.1) is 0 Å². The summed E-state index contributed by atoms with van der Waals surface area (Å²) in [6, 6.07) is 9.25. The van der Waals surface area contributed by atoms with E-state index in [1.54, 1.807) is 44.9 Å². The van der Waals surface area contributed by atoms with Gasteiger partial charge in [0.05, 0.1) is 13.3 Å². The van der Waals surface area contributed by atoms with E-state index in [0.29, 0.717) is 38.6 Å². The van der Waals surface area contributed by atoms with Crippen molar-refractivity contribution in [1.82, 2.24) is 19.9 Å². The number of rotatable bonds is 4. The molecule has 4 aromatic rings. The molecule has 0 unspecified atom stereocenters. The lowest BCUT2D eigenvalue weighted by Crippen LogP contribution is -2.01. The van der Waals surface area contributed by atoms with Gasteiger partial charge in [-0.05, 0) is 29.8 Å². The van der Waals surface area contributed by atoms with Crippen LogP contribution >= 0.6 is 23.2 Å². The lowest BCUT2D eigenvalue weighted by atomic mass is 10.0. The Hall–Kier alpha value is -2.96. The molecule has 0 aliphatic rings. The fourth-order valence-corrected chi connectivity index (χ4v) is 3.47. The van der Waals surface area contributed by atoms with Crippen molar-refractivity contribution >= 4 is 39.9 Å². The molecule has 0 atom stereocenters. The average molecular weight is 412 g/mol. The molecular formula is C20H15Cl2N5O. The molecule has 0 aliphatic heterocycles. The van der Waals surface area contributed by atoms with Crippen molar-refractivity contribution in [3.05, 3.63) is 59.0 Å². The molecule has 0 amide bonds. The van der Waals surface area contributed by atoms with Gasteiger partial charge in [-0.15, -0.1) is 0 Å². The number of anilines is 1. The van der Waals surface area contributed by atoms with Crippen LogP contribution in [-0.4, -0.2) is 34.1 Å². The second-order valence-electron chi connectivity index (χ2n) is 5.94. The summed E-state index contributed by atoms with van der Waals surface area (Å²) in [6.45, 7) is 0. The number of benzene rings is 2. The number of ether oxygens (including phenoxy) is 1. The van der Waals surface area contributed by atoms with Gasteiger partial charge in [0.25, 0.3) is 0 Å². The van der Waals surface area contributed by atoms with E-state index in [0.717, 1.165) is 16.5 Å². The lowest BCUT2D eigenvalue weighted by Gasteiger charge is -2.14. The number of nitrogens with zero attached hydrogens (tertiary/aromatic N) is 4. The van der Waals surface area contributed by atoms with E-state index in [-0.39, 0.29) is 0 Å². The van der Waals surface area contributed by atoms with Crippen LogP contribution in [0.3, 0.4) is 0 Å². The summed E-state index contributed by atoms with van der Waals surface area (Å²) in [7, 11) is 3.40. The highest BCUT2D eigenvalue weighted by Crippen LogP contribution is 2.38. The van der Waals surface area contributed by atoms with Gasteiger partial charge in [-0.2, -0.15) is 0 Å². The Morgan fingerprint density at radius 3 is 2.57 bits per heavy atom. The Kier molecular flexibility index (Phi) is 4.98. The second kappa shape index (κ2) is 7.58. The summed E-state index contributed by atoms with van der Waals surface area (Å²) in [4.78, 5) is 17.6. The fourth-order valence-electron chi connectivity index (χ4n) is 2.96. The van der Waals surface area contributed by atoms with Crippen molar-refractivity contribution in [2.45, 2.75) is 0 Å². The van der Waals surface area contributed by atoms with Crippen molar-refractivity contribution in [3.63, 3.8) is 0 Å². The summed E-state index contributed by atoms with van der Waals surface area (Å²) in [5.74, 6) is 1.71. The molecule has 4 rings (SSSR count). The molecule has 2 heterocycles. The lowest BCUT2D eigenvalue weighted by molar-refractivity contribution is 0.419. The first-order valence-corrected chi connectivity index (χ1v) is 9.15. The number of hydrogen-bond donors (Lipinski definition) is 1. The number of hydrogen-bond acceptors (Lipinski definition) is 6. The molecule has 0 radical (unpaired) electrons. The zero-order chi connectivity index (χ0) is 19.7. The average Bonchev–Trinajstić information content (AvgIpc) is 2.72. The first kappa shape index (κ1) is 18.4. The standard InChI is InChI=1S/C20H15Cl2N5O/c1-23-19-14-7-11(13-4-3-12(21)9-15(13)22)8-17(28-2)18(14)26-20(27-19)16-10-24-5-6-25-16/h3-10H,1-2H3,(H,23,26,27). The predicted octanol–water partition coefficient (Wildman–Crippen LogP) is 5.11. The number of nitrogens with one attached hydrogen (secondary N) is 1. The number of halogens is 2. The Labute approximate surface area is 171 Å². The first-order chi connectivity index (χ1) is 13.6. The number of fused-ring (bicyclic) bond motifs is 1. The van der Waals surface area contributed by atoms with Crippen molar-refractivity contribution < 1.29 is 4.74 Å². The molecule has 0 saturated heterocycles. The highest BCUT2D eigenvalue weighted by atomic mass is 35.5. The van der Waals surface area contributed by atoms with E-state index in [2.05, 4.69) is 25.3 Å². The quantitative estimate of drug-likeness (QED) is 0.502. The third-order valence-electron chi connectivity index (χ3n) is 4.26. The summed E-state index contributed by atoms with van der Waals surface area (Å²) < 4.78 is 5.62. The molecule has 8 heteroatoms. The van der Waals surface area contributed by atoms with Gasteiger partial charge < -0.3 is 10.1 Å². The molecule has 0 spiro atoms. The van der Waals surface area contributed by atoms with Gasteiger partial charge >= 0.3 is 0 Å². The van der Waals surface area contributed by atoms with Gasteiger partial charge in [0.1, 0.15) is 22.8 Å². The Balaban J connectivity index is 1.98. The maximum Gasteiger partial charge on any atom is 0.182 e. The van der Waals surface area contributed by atoms with Crippen LogP contribution in [-0.2, 0) is 0 Å². The maximum atomic E-state index is 6.40.